The van der Waals surface area contributed by atoms with Crippen LogP contribution in [-0.2, 0) is 9.59 Å². The summed E-state index contributed by atoms with van der Waals surface area (Å²) in [7, 11) is 0. The van der Waals surface area contributed by atoms with Crippen LogP contribution in [0.15, 0.2) is 0 Å². The Kier molecular flexibility index (Phi) is 2.47. The predicted molar refractivity (Wildman–Crippen MR) is 49.3 cm³/mol. The van der Waals surface area contributed by atoms with Gasteiger partial charge in [0.25, 0.3) is 0 Å². The van der Waals surface area contributed by atoms with E-state index in [1.165, 1.54) is 0 Å². The van der Waals surface area contributed by atoms with Gasteiger partial charge in [-0.2, -0.15) is 0 Å². The van der Waals surface area contributed by atoms with E-state index in [0.29, 0.717) is 23.9 Å². The maximum Gasteiger partial charge on any atom is 0.136 e. The highest BCUT2D eigenvalue weighted by atomic mass is 16.1. The molecule has 0 bridgehead atoms. The number of carbonyl (C=O) groups is 2. The van der Waals surface area contributed by atoms with Crippen molar-refractivity contribution in [3.05, 3.63) is 0 Å². The van der Waals surface area contributed by atoms with Gasteiger partial charge in [-0.05, 0) is 31.6 Å². The normalized spacial score (nSPS) is 35.4. The molecule has 0 radical (unpaired) electrons. The van der Waals surface area contributed by atoms with E-state index in [1.807, 2.05) is 0 Å². The molecule has 2 fully saturated rings. The third-order valence-corrected chi connectivity index (χ3v) is 3.44. The Morgan fingerprint density at radius 1 is 1.00 bits per heavy atom. The van der Waals surface area contributed by atoms with Crippen molar-refractivity contribution in [2.45, 2.75) is 44.9 Å². The first-order valence-corrected chi connectivity index (χ1v) is 5.32. The SMILES string of the molecule is O=C1CCCC(C2CCCC2=O)C1. The van der Waals surface area contributed by atoms with Crippen LogP contribution in [0.25, 0.3) is 0 Å². The smallest absolute Gasteiger partial charge is 0.136 e. The minimum absolute atomic E-state index is 0.240. The minimum atomic E-state index is 0.240. The van der Waals surface area contributed by atoms with E-state index in [1.54, 1.807) is 0 Å². The molecule has 2 unspecified atom stereocenters. The van der Waals surface area contributed by atoms with Crippen molar-refractivity contribution in [2.24, 2.45) is 11.8 Å². The van der Waals surface area contributed by atoms with Crippen LogP contribution in [0.3, 0.4) is 0 Å². The number of Topliss-reactive ketones (excluding diaryl/α,β-unsaturated/α-hetero) is 2. The molecule has 2 atom stereocenters. The van der Waals surface area contributed by atoms with Gasteiger partial charge < -0.3 is 0 Å². The molecule has 0 aromatic carbocycles. The fourth-order valence-corrected chi connectivity index (χ4v) is 2.74. The first-order chi connectivity index (χ1) is 6.27. The van der Waals surface area contributed by atoms with Gasteiger partial charge in [0.15, 0.2) is 0 Å². The number of carbonyl (C=O) groups excluding carboxylic acids is 2. The number of ketones is 2. The van der Waals surface area contributed by atoms with Crippen LogP contribution in [0.4, 0.5) is 0 Å². The molecule has 2 heteroatoms. The third-order valence-electron chi connectivity index (χ3n) is 3.44. The van der Waals surface area contributed by atoms with Crippen LogP contribution in [0.2, 0.25) is 0 Å². The fourth-order valence-electron chi connectivity index (χ4n) is 2.74. The zero-order chi connectivity index (χ0) is 9.26. The van der Waals surface area contributed by atoms with Gasteiger partial charge in [-0.3, -0.25) is 9.59 Å². The lowest BCUT2D eigenvalue weighted by molar-refractivity contribution is -0.125. The topological polar surface area (TPSA) is 34.1 Å². The van der Waals surface area contributed by atoms with Crippen LogP contribution >= 0.6 is 0 Å². The van der Waals surface area contributed by atoms with Crippen LogP contribution < -0.4 is 0 Å². The maximum atomic E-state index is 11.5. The summed E-state index contributed by atoms with van der Waals surface area (Å²) < 4.78 is 0. The summed E-state index contributed by atoms with van der Waals surface area (Å²) >= 11 is 0. The second-order valence-electron chi connectivity index (χ2n) is 4.36. The highest BCUT2D eigenvalue weighted by Gasteiger charge is 2.34. The highest BCUT2D eigenvalue weighted by molar-refractivity contribution is 5.85. The van der Waals surface area contributed by atoms with Gasteiger partial charge in [0.2, 0.25) is 0 Å². The van der Waals surface area contributed by atoms with Crippen LogP contribution in [0.5, 0.6) is 0 Å². The Morgan fingerprint density at radius 3 is 2.38 bits per heavy atom. The molecule has 2 aliphatic rings. The summed E-state index contributed by atoms with van der Waals surface area (Å²) in [5.41, 5.74) is 0. The summed E-state index contributed by atoms with van der Waals surface area (Å²) in [6, 6.07) is 0. The summed E-state index contributed by atoms with van der Waals surface area (Å²) in [6.07, 6.45) is 6.38. The average Bonchev–Trinajstić information content (AvgIpc) is 2.51. The van der Waals surface area contributed by atoms with E-state index in [0.717, 1.165) is 38.5 Å². The summed E-state index contributed by atoms with van der Waals surface area (Å²) in [4.78, 5) is 22.7. The van der Waals surface area contributed by atoms with E-state index >= 15 is 0 Å². The molecule has 0 N–H and O–H groups in total. The van der Waals surface area contributed by atoms with Crippen LogP contribution in [0, 0.1) is 11.8 Å². The van der Waals surface area contributed by atoms with Crippen molar-refractivity contribution in [1.29, 1.82) is 0 Å². The molecular weight excluding hydrogens is 164 g/mol. The summed E-state index contributed by atoms with van der Waals surface area (Å²) in [5.74, 6) is 1.43. The predicted octanol–water partition coefficient (Wildman–Crippen LogP) is 2.11. The molecule has 72 valence electrons. The van der Waals surface area contributed by atoms with Crippen molar-refractivity contribution < 1.29 is 9.59 Å². The first kappa shape index (κ1) is 8.92. The molecule has 0 spiro atoms. The van der Waals surface area contributed by atoms with E-state index in [9.17, 15) is 9.59 Å². The molecule has 2 aliphatic carbocycles. The van der Waals surface area contributed by atoms with Crippen LogP contribution in [-0.4, -0.2) is 11.6 Å². The zero-order valence-corrected chi connectivity index (χ0v) is 7.92. The third kappa shape index (κ3) is 1.82. The second-order valence-corrected chi connectivity index (χ2v) is 4.36. The monoisotopic (exact) mass is 180 g/mol. The lowest BCUT2D eigenvalue weighted by Crippen LogP contribution is -2.25. The Labute approximate surface area is 78.7 Å². The Hall–Kier alpha value is -0.660. The van der Waals surface area contributed by atoms with Gasteiger partial charge in [-0.15, -0.1) is 0 Å². The largest absolute Gasteiger partial charge is 0.300 e. The van der Waals surface area contributed by atoms with Crippen molar-refractivity contribution in [3.63, 3.8) is 0 Å². The van der Waals surface area contributed by atoms with E-state index < -0.39 is 0 Å². The molecule has 13 heavy (non-hydrogen) atoms. The molecule has 0 aromatic rings. The average molecular weight is 180 g/mol. The van der Waals surface area contributed by atoms with E-state index in [4.69, 9.17) is 0 Å². The standard InChI is InChI=1S/C11H16O2/c12-9-4-1-3-8(7-9)10-5-2-6-11(10)13/h8,10H,1-7H2. The van der Waals surface area contributed by atoms with Gasteiger partial charge in [-0.1, -0.05) is 0 Å². The van der Waals surface area contributed by atoms with E-state index in [-0.39, 0.29) is 5.92 Å². The molecule has 2 rings (SSSR count). The molecule has 0 heterocycles. The highest BCUT2D eigenvalue weighted by Crippen LogP contribution is 2.36. The van der Waals surface area contributed by atoms with Crippen LogP contribution in [0.1, 0.15) is 44.9 Å². The molecule has 2 nitrogen and oxygen atoms in total. The van der Waals surface area contributed by atoms with Crippen molar-refractivity contribution in [1.82, 2.24) is 0 Å². The Balaban J connectivity index is 1.99. The summed E-state index contributed by atoms with van der Waals surface area (Å²) in [6.45, 7) is 0. The van der Waals surface area contributed by atoms with Gasteiger partial charge in [0, 0.05) is 25.2 Å². The Morgan fingerprint density at radius 2 is 1.77 bits per heavy atom. The number of hydrogen-bond acceptors (Lipinski definition) is 2. The van der Waals surface area contributed by atoms with Gasteiger partial charge in [0.1, 0.15) is 11.6 Å². The van der Waals surface area contributed by atoms with Gasteiger partial charge in [0.05, 0.1) is 0 Å². The van der Waals surface area contributed by atoms with E-state index in [2.05, 4.69) is 0 Å². The number of hydrogen-bond donors (Lipinski definition) is 0. The fraction of sp³-hybridized carbons (Fsp3) is 0.818. The first-order valence-electron chi connectivity index (χ1n) is 5.32. The zero-order valence-electron chi connectivity index (χ0n) is 7.92. The molecule has 0 saturated heterocycles. The second kappa shape index (κ2) is 3.60. The summed E-state index contributed by atoms with van der Waals surface area (Å²) in [5, 5.41) is 0. The lowest BCUT2D eigenvalue weighted by atomic mass is 9.78. The quantitative estimate of drug-likeness (QED) is 0.619. The Bertz CT molecular complexity index is 232. The van der Waals surface area contributed by atoms with Gasteiger partial charge in [-0.25, -0.2) is 0 Å². The molecule has 2 saturated carbocycles. The minimum Gasteiger partial charge on any atom is -0.300 e. The van der Waals surface area contributed by atoms with Crippen molar-refractivity contribution in [3.8, 4) is 0 Å². The maximum absolute atomic E-state index is 11.5. The van der Waals surface area contributed by atoms with Gasteiger partial charge >= 0.3 is 0 Å². The number of rotatable bonds is 1. The van der Waals surface area contributed by atoms with Crippen molar-refractivity contribution in [2.75, 3.05) is 0 Å². The molecule has 0 amide bonds. The molecular formula is C11H16O2. The van der Waals surface area contributed by atoms with Crippen molar-refractivity contribution >= 4 is 11.6 Å². The lowest BCUT2D eigenvalue weighted by Gasteiger charge is -2.25. The molecule has 0 aliphatic heterocycles. The molecule has 0 aromatic heterocycles.